The van der Waals surface area contributed by atoms with Gasteiger partial charge in [0.2, 0.25) is 0 Å². The minimum atomic E-state index is -0.894. The number of hydrogen-bond donors (Lipinski definition) is 1. The van der Waals surface area contributed by atoms with Gasteiger partial charge in [0.1, 0.15) is 23.1 Å². The molecule has 3 rings (SSSR count). The monoisotopic (exact) mass is 388 g/mol. The topological polar surface area (TPSA) is 51.2 Å². The molecule has 0 aliphatic rings. The van der Waals surface area contributed by atoms with Crippen LogP contribution >= 0.6 is 11.3 Å². The molecule has 1 N–H and O–H groups in total. The summed E-state index contributed by atoms with van der Waals surface area (Å²) < 4.78 is 31.7. The first kappa shape index (κ1) is 19.0. The molecule has 3 aromatic rings. The summed E-state index contributed by atoms with van der Waals surface area (Å²) in [7, 11) is 0. The van der Waals surface area contributed by atoms with E-state index in [9.17, 15) is 13.6 Å². The van der Waals surface area contributed by atoms with E-state index in [2.05, 4.69) is 10.3 Å². The predicted molar refractivity (Wildman–Crippen MR) is 101 cm³/mol. The van der Waals surface area contributed by atoms with Crippen molar-refractivity contribution in [3.63, 3.8) is 0 Å². The van der Waals surface area contributed by atoms with E-state index in [1.807, 2.05) is 19.1 Å². The normalized spacial score (nSPS) is 10.6. The third kappa shape index (κ3) is 4.89. The number of hydrogen-bond acceptors (Lipinski definition) is 4. The van der Waals surface area contributed by atoms with Gasteiger partial charge in [-0.25, -0.2) is 13.8 Å². The number of rotatable bonds is 7. The first-order valence-corrected chi connectivity index (χ1v) is 9.35. The van der Waals surface area contributed by atoms with Crippen LogP contribution in [0, 0.1) is 11.6 Å². The van der Waals surface area contributed by atoms with Crippen molar-refractivity contribution in [2.24, 2.45) is 0 Å². The highest BCUT2D eigenvalue weighted by molar-refractivity contribution is 7.13. The molecule has 0 atom stereocenters. The third-order valence-electron chi connectivity index (χ3n) is 3.76. The fourth-order valence-corrected chi connectivity index (χ4v) is 3.14. The first-order chi connectivity index (χ1) is 13.1. The van der Waals surface area contributed by atoms with Crippen LogP contribution in [-0.4, -0.2) is 17.4 Å². The molecule has 0 unspecified atom stereocenters. The molecular weight excluding hydrogens is 370 g/mol. The van der Waals surface area contributed by atoms with Gasteiger partial charge in [-0.3, -0.25) is 4.79 Å². The van der Waals surface area contributed by atoms with Crippen molar-refractivity contribution in [2.75, 3.05) is 6.54 Å². The molecular formula is C20H18F2N2O2S. The lowest BCUT2D eigenvalue weighted by Crippen LogP contribution is -2.24. The summed E-state index contributed by atoms with van der Waals surface area (Å²) in [5.74, 6) is -1.35. The number of carbonyl (C=O) groups excluding carboxylic acids is 1. The molecule has 1 heterocycles. The van der Waals surface area contributed by atoms with Crippen molar-refractivity contribution in [3.05, 3.63) is 70.7 Å². The summed E-state index contributed by atoms with van der Waals surface area (Å²) in [6.45, 7) is 2.74. The van der Waals surface area contributed by atoms with E-state index in [-0.39, 0.29) is 12.5 Å². The van der Waals surface area contributed by atoms with Crippen LogP contribution in [0.15, 0.2) is 47.8 Å². The minimum absolute atomic E-state index is 0.134. The highest BCUT2D eigenvalue weighted by Crippen LogP contribution is 2.26. The second kappa shape index (κ2) is 8.73. The summed E-state index contributed by atoms with van der Waals surface area (Å²) in [5.41, 5.74) is 1.82. The first-order valence-electron chi connectivity index (χ1n) is 8.47. The van der Waals surface area contributed by atoms with Gasteiger partial charge in [0.25, 0.3) is 5.91 Å². The van der Waals surface area contributed by atoms with Crippen LogP contribution in [0.5, 0.6) is 5.75 Å². The van der Waals surface area contributed by atoms with Crippen LogP contribution in [0.25, 0.3) is 10.6 Å². The molecule has 0 fully saturated rings. The van der Waals surface area contributed by atoms with Crippen molar-refractivity contribution >= 4 is 17.2 Å². The smallest absolute Gasteiger partial charge is 0.270 e. The number of nitrogens with zero attached hydrogens (tertiary/aromatic N) is 1. The minimum Gasteiger partial charge on any atom is -0.489 e. The van der Waals surface area contributed by atoms with Crippen LogP contribution in [0.2, 0.25) is 0 Å². The molecule has 140 valence electrons. The lowest BCUT2D eigenvalue weighted by Gasteiger charge is -2.07. The van der Waals surface area contributed by atoms with Gasteiger partial charge in [-0.15, -0.1) is 11.3 Å². The van der Waals surface area contributed by atoms with E-state index in [0.717, 1.165) is 29.1 Å². The number of thiazole rings is 1. The quantitative estimate of drug-likeness (QED) is 0.632. The summed E-state index contributed by atoms with van der Waals surface area (Å²) >= 11 is 1.39. The zero-order chi connectivity index (χ0) is 19.2. The Morgan fingerprint density at radius 3 is 2.63 bits per heavy atom. The summed E-state index contributed by atoms with van der Waals surface area (Å²) in [5, 5.41) is 5.27. The Labute approximate surface area is 159 Å². The second-order valence-corrected chi connectivity index (χ2v) is 6.71. The van der Waals surface area contributed by atoms with Crippen molar-refractivity contribution in [3.8, 4) is 16.3 Å². The number of benzene rings is 2. The highest BCUT2D eigenvalue weighted by Gasteiger charge is 2.11. The van der Waals surface area contributed by atoms with Gasteiger partial charge in [-0.05, 0) is 48.4 Å². The number of nitrogens with one attached hydrogen (secondary N) is 1. The molecule has 7 heteroatoms. The number of ether oxygens (including phenoxy) is 1. The Balaban J connectivity index is 1.62. The number of carbonyl (C=O) groups is 1. The van der Waals surface area contributed by atoms with Crippen LogP contribution in [-0.2, 0) is 6.61 Å². The Morgan fingerprint density at radius 2 is 1.93 bits per heavy atom. The Bertz CT molecular complexity index is 926. The van der Waals surface area contributed by atoms with Crippen LogP contribution in [0.3, 0.4) is 0 Å². The van der Waals surface area contributed by atoms with Gasteiger partial charge in [0, 0.05) is 17.5 Å². The average molecular weight is 388 g/mol. The number of halogens is 2. The maximum atomic E-state index is 13.2. The molecule has 0 radical (unpaired) electrons. The highest BCUT2D eigenvalue weighted by atomic mass is 32.1. The van der Waals surface area contributed by atoms with Crippen molar-refractivity contribution in [2.45, 2.75) is 20.0 Å². The lowest BCUT2D eigenvalue weighted by atomic mass is 10.2. The second-order valence-electron chi connectivity index (χ2n) is 5.86. The maximum absolute atomic E-state index is 13.2. The fraction of sp³-hybridized carbons (Fsp3) is 0.200. The van der Waals surface area contributed by atoms with E-state index in [0.29, 0.717) is 23.6 Å². The van der Waals surface area contributed by atoms with E-state index in [4.69, 9.17) is 4.74 Å². The van der Waals surface area contributed by atoms with Gasteiger partial charge in [-0.2, -0.15) is 0 Å². The van der Waals surface area contributed by atoms with E-state index >= 15 is 0 Å². The van der Waals surface area contributed by atoms with Crippen LogP contribution in [0.4, 0.5) is 8.78 Å². The average Bonchev–Trinajstić information content (AvgIpc) is 3.18. The van der Waals surface area contributed by atoms with Crippen molar-refractivity contribution in [1.82, 2.24) is 10.3 Å². The number of aromatic nitrogens is 1. The van der Waals surface area contributed by atoms with Crippen LogP contribution < -0.4 is 10.1 Å². The maximum Gasteiger partial charge on any atom is 0.270 e. The molecule has 27 heavy (non-hydrogen) atoms. The Kier molecular flexibility index (Phi) is 6.13. The van der Waals surface area contributed by atoms with Crippen molar-refractivity contribution < 1.29 is 18.3 Å². The third-order valence-corrected chi connectivity index (χ3v) is 4.65. The summed E-state index contributed by atoms with van der Waals surface area (Å²) in [6.07, 6.45) is 0.870. The summed E-state index contributed by atoms with van der Waals surface area (Å²) in [4.78, 5) is 16.3. The van der Waals surface area contributed by atoms with Gasteiger partial charge in [-0.1, -0.05) is 13.0 Å². The Hall–Kier alpha value is -2.80. The molecule has 1 aromatic heterocycles. The predicted octanol–water partition coefficient (Wildman–Crippen LogP) is 4.81. The van der Waals surface area contributed by atoms with Gasteiger partial charge in [0.05, 0.1) is 0 Å². The lowest BCUT2D eigenvalue weighted by molar-refractivity contribution is 0.0949. The van der Waals surface area contributed by atoms with E-state index in [1.54, 1.807) is 17.5 Å². The molecule has 4 nitrogen and oxygen atoms in total. The zero-order valence-electron chi connectivity index (χ0n) is 14.7. The molecule has 1 amide bonds. The van der Waals surface area contributed by atoms with E-state index < -0.39 is 11.6 Å². The fourth-order valence-electron chi connectivity index (χ4n) is 2.33. The van der Waals surface area contributed by atoms with Crippen LogP contribution in [0.1, 0.15) is 29.4 Å². The van der Waals surface area contributed by atoms with Gasteiger partial charge >= 0.3 is 0 Å². The number of amides is 1. The molecule has 0 aliphatic heterocycles. The molecule has 0 bridgehead atoms. The molecule has 0 spiro atoms. The molecule has 0 saturated carbocycles. The van der Waals surface area contributed by atoms with Crippen molar-refractivity contribution in [1.29, 1.82) is 0 Å². The van der Waals surface area contributed by atoms with E-state index in [1.165, 1.54) is 17.4 Å². The molecule has 0 saturated heterocycles. The van der Waals surface area contributed by atoms with Gasteiger partial charge in [0.15, 0.2) is 11.6 Å². The Morgan fingerprint density at radius 1 is 1.15 bits per heavy atom. The molecule has 2 aromatic carbocycles. The molecule has 0 aliphatic carbocycles. The standard InChI is InChI=1S/C20H18F2N2O2S/c1-2-9-23-19(25)18-12-27-20(24-18)14-4-6-15(7-5-14)26-11-13-3-8-16(21)17(22)10-13/h3-8,10,12H,2,9,11H2,1H3,(H,23,25). The van der Waals surface area contributed by atoms with Gasteiger partial charge < -0.3 is 10.1 Å². The summed E-state index contributed by atoms with van der Waals surface area (Å²) in [6, 6.07) is 10.9. The largest absolute Gasteiger partial charge is 0.489 e. The zero-order valence-corrected chi connectivity index (χ0v) is 15.5. The SMILES string of the molecule is CCCNC(=O)c1csc(-c2ccc(OCc3ccc(F)c(F)c3)cc2)n1.